The molecule has 0 bridgehead atoms. The van der Waals surface area contributed by atoms with Gasteiger partial charge in [0.25, 0.3) is 0 Å². The number of nitrogens with zero attached hydrogens (tertiary/aromatic N) is 1. The number of unbranched alkanes of at least 4 members (excludes halogenated alkanes) is 4. The van der Waals surface area contributed by atoms with Crippen molar-refractivity contribution in [1.82, 2.24) is 5.32 Å². The average Bonchev–Trinajstić information content (AvgIpc) is 2.18. The third kappa shape index (κ3) is 10.2. The molecule has 0 aliphatic rings. The molecule has 0 aromatic heterocycles. The van der Waals surface area contributed by atoms with Crippen LogP contribution in [-0.2, 0) is 0 Å². The van der Waals surface area contributed by atoms with Crippen LogP contribution in [0.3, 0.4) is 0 Å². The van der Waals surface area contributed by atoms with Crippen molar-refractivity contribution in [3.8, 4) is 0 Å². The van der Waals surface area contributed by atoms with Crippen molar-refractivity contribution in [1.29, 1.82) is 0 Å². The van der Waals surface area contributed by atoms with Crippen molar-refractivity contribution in [2.75, 3.05) is 0 Å². The van der Waals surface area contributed by atoms with E-state index in [-0.39, 0.29) is 0 Å². The van der Waals surface area contributed by atoms with Crippen molar-refractivity contribution >= 4 is 0 Å². The highest BCUT2D eigenvalue weighted by Gasteiger charge is 2.08. The maximum Gasteiger partial charge on any atom is 0.0220 e. The zero-order chi connectivity index (χ0) is 11.5. The lowest BCUT2D eigenvalue weighted by molar-refractivity contribution is 0.398. The van der Waals surface area contributed by atoms with Gasteiger partial charge in [-0.25, -0.2) is 5.32 Å². The van der Waals surface area contributed by atoms with Gasteiger partial charge >= 0.3 is 0 Å². The summed E-state index contributed by atoms with van der Waals surface area (Å²) < 4.78 is 0. The van der Waals surface area contributed by atoms with E-state index in [9.17, 15) is 0 Å². The Hall–Kier alpha value is -0.0400. The molecule has 0 aromatic rings. The lowest BCUT2D eigenvalue weighted by Crippen LogP contribution is -2.27. The van der Waals surface area contributed by atoms with Crippen LogP contribution in [0.2, 0.25) is 0 Å². The first-order chi connectivity index (χ1) is 7.20. The van der Waals surface area contributed by atoms with Gasteiger partial charge in [-0.15, -0.1) is 0 Å². The molecule has 0 aliphatic carbocycles. The first-order valence-electron chi connectivity index (χ1n) is 6.90. The fourth-order valence-corrected chi connectivity index (χ4v) is 1.96. The Morgan fingerprint density at radius 2 is 1.13 bits per heavy atom. The van der Waals surface area contributed by atoms with E-state index in [2.05, 4.69) is 27.7 Å². The second-order valence-electron chi connectivity index (χ2n) is 4.84. The van der Waals surface area contributed by atoms with Crippen LogP contribution in [0, 0.1) is 0 Å². The van der Waals surface area contributed by atoms with E-state index in [4.69, 9.17) is 5.32 Å². The van der Waals surface area contributed by atoms with Gasteiger partial charge in [0.05, 0.1) is 0 Å². The topological polar surface area (TPSA) is 14.1 Å². The van der Waals surface area contributed by atoms with Crippen LogP contribution in [-0.4, -0.2) is 12.1 Å². The van der Waals surface area contributed by atoms with Gasteiger partial charge < -0.3 is 0 Å². The highest BCUT2D eigenvalue weighted by Crippen LogP contribution is 2.08. The van der Waals surface area contributed by atoms with Crippen LogP contribution in [0.1, 0.15) is 79.1 Å². The Kier molecular flexibility index (Phi) is 10.4. The fraction of sp³-hybridized carbons (Fsp3) is 1.00. The molecular weight excluding hydrogens is 182 g/mol. The van der Waals surface area contributed by atoms with E-state index < -0.39 is 0 Å². The number of hydrogen-bond acceptors (Lipinski definition) is 0. The Morgan fingerprint density at radius 3 is 1.47 bits per heavy atom. The van der Waals surface area contributed by atoms with E-state index in [1.54, 1.807) is 0 Å². The van der Waals surface area contributed by atoms with Crippen LogP contribution in [0.25, 0.3) is 0 Å². The molecule has 0 heterocycles. The molecular formula is C14H30N. The highest BCUT2D eigenvalue weighted by molar-refractivity contribution is 4.66. The largest absolute Gasteiger partial charge is 0.236 e. The van der Waals surface area contributed by atoms with Crippen LogP contribution in [0.5, 0.6) is 0 Å². The standard InChI is InChI=1S/C14H30N/c1-5-7-9-11-13(3)15-14(4)12-10-8-6-2/h13-14H,5-12H2,1-4H3. The summed E-state index contributed by atoms with van der Waals surface area (Å²) in [6, 6.07) is 1.15. The summed E-state index contributed by atoms with van der Waals surface area (Å²) in [5.41, 5.74) is 0. The minimum absolute atomic E-state index is 0.577. The maximum atomic E-state index is 4.82. The molecule has 1 radical (unpaired) electrons. The first kappa shape index (κ1) is 15.0. The van der Waals surface area contributed by atoms with Gasteiger partial charge in [-0.05, 0) is 26.7 Å². The van der Waals surface area contributed by atoms with E-state index in [1.165, 1.54) is 51.4 Å². The van der Waals surface area contributed by atoms with E-state index in [0.717, 1.165) is 0 Å². The smallest absolute Gasteiger partial charge is 0.0220 e. The van der Waals surface area contributed by atoms with E-state index >= 15 is 0 Å². The summed E-state index contributed by atoms with van der Waals surface area (Å²) in [7, 11) is 0. The van der Waals surface area contributed by atoms with Crippen molar-refractivity contribution in [3.63, 3.8) is 0 Å². The molecule has 15 heavy (non-hydrogen) atoms. The Bertz CT molecular complexity index is 109. The van der Waals surface area contributed by atoms with Crippen molar-refractivity contribution in [2.24, 2.45) is 0 Å². The maximum absolute atomic E-state index is 4.82. The van der Waals surface area contributed by atoms with Gasteiger partial charge in [-0.1, -0.05) is 52.4 Å². The van der Waals surface area contributed by atoms with E-state index in [0.29, 0.717) is 12.1 Å². The van der Waals surface area contributed by atoms with Crippen molar-refractivity contribution in [2.45, 2.75) is 91.1 Å². The second-order valence-corrected chi connectivity index (χ2v) is 4.84. The third-order valence-electron chi connectivity index (χ3n) is 2.96. The monoisotopic (exact) mass is 212 g/mol. The molecule has 0 spiro atoms. The molecule has 0 fully saturated rings. The number of rotatable bonds is 10. The third-order valence-corrected chi connectivity index (χ3v) is 2.96. The van der Waals surface area contributed by atoms with Gasteiger partial charge in [0.15, 0.2) is 0 Å². The molecule has 0 saturated carbocycles. The van der Waals surface area contributed by atoms with E-state index in [1.807, 2.05) is 0 Å². The van der Waals surface area contributed by atoms with Gasteiger partial charge in [0.2, 0.25) is 0 Å². The molecule has 0 amide bonds. The van der Waals surface area contributed by atoms with Gasteiger partial charge in [0.1, 0.15) is 0 Å². The molecule has 91 valence electrons. The van der Waals surface area contributed by atoms with Crippen molar-refractivity contribution in [3.05, 3.63) is 0 Å². The van der Waals surface area contributed by atoms with Crippen LogP contribution >= 0.6 is 0 Å². The van der Waals surface area contributed by atoms with Gasteiger partial charge in [0, 0.05) is 12.1 Å². The minimum atomic E-state index is 0.577. The summed E-state index contributed by atoms with van der Waals surface area (Å²) in [5.74, 6) is 0. The predicted molar refractivity (Wildman–Crippen MR) is 69.3 cm³/mol. The Labute approximate surface area is 97.0 Å². The number of hydrogen-bond donors (Lipinski definition) is 0. The van der Waals surface area contributed by atoms with Gasteiger partial charge in [-0.3, -0.25) is 0 Å². The fourth-order valence-electron chi connectivity index (χ4n) is 1.96. The molecule has 1 heteroatoms. The SMILES string of the molecule is CCCCCC(C)[N]C(C)CCCCC. The summed E-state index contributed by atoms with van der Waals surface area (Å²) in [6.45, 7) is 9.06. The quantitative estimate of drug-likeness (QED) is 0.472. The molecule has 0 aromatic carbocycles. The Morgan fingerprint density at radius 1 is 0.733 bits per heavy atom. The van der Waals surface area contributed by atoms with Crippen LogP contribution in [0.15, 0.2) is 0 Å². The average molecular weight is 212 g/mol. The molecule has 0 rings (SSSR count). The highest BCUT2D eigenvalue weighted by atomic mass is 14.9. The molecule has 0 aliphatic heterocycles. The Balaban J connectivity index is 3.35. The van der Waals surface area contributed by atoms with Crippen LogP contribution in [0.4, 0.5) is 0 Å². The minimum Gasteiger partial charge on any atom is -0.236 e. The second kappa shape index (κ2) is 10.5. The van der Waals surface area contributed by atoms with Gasteiger partial charge in [-0.2, -0.15) is 0 Å². The molecule has 2 unspecified atom stereocenters. The summed E-state index contributed by atoms with van der Waals surface area (Å²) in [4.78, 5) is 0. The summed E-state index contributed by atoms with van der Waals surface area (Å²) in [6.07, 6.45) is 10.6. The zero-order valence-corrected chi connectivity index (χ0v) is 11.3. The molecule has 0 N–H and O–H groups in total. The lowest BCUT2D eigenvalue weighted by Gasteiger charge is -2.17. The zero-order valence-electron chi connectivity index (χ0n) is 11.3. The van der Waals surface area contributed by atoms with Crippen LogP contribution < -0.4 is 5.32 Å². The van der Waals surface area contributed by atoms with Crippen molar-refractivity contribution < 1.29 is 0 Å². The molecule has 0 saturated heterocycles. The first-order valence-corrected chi connectivity index (χ1v) is 6.90. The normalized spacial score (nSPS) is 15.2. The lowest BCUT2D eigenvalue weighted by atomic mass is 10.1. The molecule has 2 atom stereocenters. The summed E-state index contributed by atoms with van der Waals surface area (Å²) >= 11 is 0. The summed E-state index contributed by atoms with van der Waals surface area (Å²) in [5, 5.41) is 4.82. The predicted octanol–water partition coefficient (Wildman–Crippen LogP) is 4.53. The molecule has 1 nitrogen and oxygen atoms in total.